The van der Waals surface area contributed by atoms with Crippen molar-refractivity contribution in [3.8, 4) is 23.1 Å². The second-order valence-corrected chi connectivity index (χ2v) is 7.29. The van der Waals surface area contributed by atoms with Gasteiger partial charge in [-0.1, -0.05) is 6.92 Å². The van der Waals surface area contributed by atoms with Crippen molar-refractivity contribution < 1.29 is 14.6 Å². The van der Waals surface area contributed by atoms with Gasteiger partial charge in [-0.3, -0.25) is 4.90 Å². The van der Waals surface area contributed by atoms with Gasteiger partial charge in [-0.2, -0.15) is 10.2 Å². The monoisotopic (exact) mass is 394 g/mol. The molecule has 29 heavy (non-hydrogen) atoms. The van der Waals surface area contributed by atoms with E-state index in [0.29, 0.717) is 47.0 Å². The van der Waals surface area contributed by atoms with Crippen LogP contribution in [0.2, 0.25) is 0 Å². The van der Waals surface area contributed by atoms with Gasteiger partial charge < -0.3 is 19.9 Å². The minimum Gasteiger partial charge on any atom is -0.507 e. The van der Waals surface area contributed by atoms with Crippen molar-refractivity contribution in [2.75, 3.05) is 25.0 Å². The molecule has 0 amide bonds. The highest BCUT2D eigenvalue weighted by Gasteiger charge is 2.26. The number of aromatic hydroxyl groups is 1. The number of aliphatic hydroxyl groups is 1. The molecule has 1 fully saturated rings. The third kappa shape index (κ3) is 3.85. The highest BCUT2D eigenvalue weighted by atomic mass is 16.4. The maximum Gasteiger partial charge on any atom is 0.298 e. The Bertz CT molecular complexity index is 1070. The number of β-amino-alcohol motifs (C(OH)–C–C–N with tert-alkyl or cyclic N) is 1. The summed E-state index contributed by atoms with van der Waals surface area (Å²) in [6, 6.07) is 5.41. The lowest BCUT2D eigenvalue weighted by Crippen LogP contribution is -2.48. The quantitative estimate of drug-likeness (QED) is 0.608. The van der Waals surface area contributed by atoms with Crippen LogP contribution in [-0.2, 0) is 0 Å². The first-order valence-corrected chi connectivity index (χ1v) is 9.51. The number of oxazole rings is 1. The molecule has 1 aromatic carbocycles. The van der Waals surface area contributed by atoms with Crippen LogP contribution in [0.15, 0.2) is 22.7 Å². The first-order valence-electron chi connectivity index (χ1n) is 9.51. The smallest absolute Gasteiger partial charge is 0.298 e. The molecule has 0 aliphatic carbocycles. The number of likely N-dealkylation sites (N-methyl/N-ethyl adjacent to an activating group) is 1. The predicted octanol–water partition coefficient (Wildman–Crippen LogP) is 2.04. The van der Waals surface area contributed by atoms with Crippen molar-refractivity contribution >= 4 is 17.4 Å². The van der Waals surface area contributed by atoms with E-state index in [4.69, 9.17) is 9.68 Å². The third-order valence-electron chi connectivity index (χ3n) is 5.10. The minimum atomic E-state index is -0.393. The predicted molar refractivity (Wildman–Crippen MR) is 106 cm³/mol. The number of phenols is 1. The lowest BCUT2D eigenvalue weighted by Gasteiger charge is -2.34. The molecule has 0 spiro atoms. The molecular weight excluding hydrogens is 372 g/mol. The van der Waals surface area contributed by atoms with Crippen LogP contribution in [0.25, 0.3) is 22.6 Å². The summed E-state index contributed by atoms with van der Waals surface area (Å²) >= 11 is 0. The standard InChI is InChI=1S/C20H22N6O3/c1-3-26-9-13(6-14(27)10-26)23-20-25-18-19(29-20)22-8-15(24-18)17-11(2)4-12(7-21)5-16(17)28/h4-5,8,13-14,27-28H,3,6,9-10H2,1-2H3,(H,23,24,25)/t13-,14+/m1/s1. The summed E-state index contributed by atoms with van der Waals surface area (Å²) in [5.74, 6) is -0.0344. The number of rotatable bonds is 4. The SMILES string of the molecule is CCN1C[C@@H](O)C[C@@H](Nc2nc3nc(-c4c(C)cc(C#N)cc4O)cnc3o2)C1. The van der Waals surface area contributed by atoms with E-state index >= 15 is 0 Å². The van der Waals surface area contributed by atoms with Crippen molar-refractivity contribution in [1.82, 2.24) is 19.9 Å². The summed E-state index contributed by atoms with van der Waals surface area (Å²) in [6.07, 6.45) is 1.73. The molecule has 1 saturated heterocycles. The molecule has 3 heterocycles. The van der Waals surface area contributed by atoms with Gasteiger partial charge in [-0.15, -0.1) is 0 Å². The van der Waals surface area contributed by atoms with E-state index < -0.39 is 6.10 Å². The highest BCUT2D eigenvalue weighted by molar-refractivity contribution is 5.76. The zero-order chi connectivity index (χ0) is 20.5. The second kappa shape index (κ2) is 7.66. The number of likely N-dealkylation sites (tertiary alicyclic amines) is 1. The van der Waals surface area contributed by atoms with Gasteiger partial charge in [-0.05, 0) is 37.6 Å². The van der Waals surface area contributed by atoms with E-state index in [-0.39, 0.29) is 17.5 Å². The van der Waals surface area contributed by atoms with E-state index in [1.165, 1.54) is 12.3 Å². The van der Waals surface area contributed by atoms with Gasteiger partial charge in [0.05, 0.1) is 29.6 Å². The lowest BCUT2D eigenvalue weighted by atomic mass is 10.0. The van der Waals surface area contributed by atoms with Crippen LogP contribution in [0, 0.1) is 18.3 Å². The van der Waals surface area contributed by atoms with Crippen LogP contribution in [0.5, 0.6) is 5.75 Å². The average molecular weight is 394 g/mol. The lowest BCUT2D eigenvalue weighted by molar-refractivity contribution is 0.0667. The van der Waals surface area contributed by atoms with Crippen molar-refractivity contribution in [3.05, 3.63) is 29.5 Å². The van der Waals surface area contributed by atoms with Gasteiger partial charge in [0, 0.05) is 24.7 Å². The van der Waals surface area contributed by atoms with Crippen LogP contribution in [-0.4, -0.2) is 61.8 Å². The van der Waals surface area contributed by atoms with Crippen molar-refractivity contribution in [1.29, 1.82) is 5.26 Å². The van der Waals surface area contributed by atoms with Crippen molar-refractivity contribution in [2.45, 2.75) is 32.4 Å². The van der Waals surface area contributed by atoms with Gasteiger partial charge >= 0.3 is 0 Å². The first-order chi connectivity index (χ1) is 14.0. The molecule has 1 aliphatic heterocycles. The number of phenolic OH excluding ortho intramolecular Hbond substituents is 1. The molecule has 3 N–H and O–H groups in total. The number of anilines is 1. The van der Waals surface area contributed by atoms with E-state index in [9.17, 15) is 10.2 Å². The molecule has 4 rings (SSSR count). The fourth-order valence-corrected chi connectivity index (χ4v) is 3.77. The van der Waals surface area contributed by atoms with E-state index in [1.54, 1.807) is 13.0 Å². The number of piperidine rings is 1. The van der Waals surface area contributed by atoms with Crippen LogP contribution in [0.1, 0.15) is 24.5 Å². The molecule has 0 radical (unpaired) electrons. The van der Waals surface area contributed by atoms with Gasteiger partial charge in [0.1, 0.15) is 5.75 Å². The first kappa shape index (κ1) is 19.1. The Hall–Kier alpha value is -3.22. The Morgan fingerprint density at radius 1 is 1.34 bits per heavy atom. The molecule has 0 saturated carbocycles. The zero-order valence-electron chi connectivity index (χ0n) is 16.3. The number of hydrogen-bond donors (Lipinski definition) is 3. The van der Waals surface area contributed by atoms with Crippen LogP contribution in [0.4, 0.5) is 6.01 Å². The Kier molecular flexibility index (Phi) is 5.05. The number of fused-ring (bicyclic) bond motifs is 1. The number of aryl methyl sites for hydroxylation is 1. The Labute approximate surface area is 167 Å². The molecule has 9 heteroatoms. The fraction of sp³-hybridized carbons (Fsp3) is 0.400. The van der Waals surface area contributed by atoms with Crippen LogP contribution < -0.4 is 5.32 Å². The topological polar surface area (TPSA) is 131 Å². The Morgan fingerprint density at radius 2 is 2.17 bits per heavy atom. The van der Waals surface area contributed by atoms with E-state index in [2.05, 4.69) is 32.1 Å². The zero-order valence-corrected chi connectivity index (χ0v) is 16.3. The van der Waals surface area contributed by atoms with Gasteiger partial charge in [0.25, 0.3) is 11.7 Å². The van der Waals surface area contributed by atoms with E-state index in [0.717, 1.165) is 13.1 Å². The number of aromatic nitrogens is 3. The molecule has 0 bridgehead atoms. The van der Waals surface area contributed by atoms with Crippen LogP contribution >= 0.6 is 0 Å². The van der Waals surface area contributed by atoms with E-state index in [1.807, 2.05) is 6.07 Å². The van der Waals surface area contributed by atoms with Crippen molar-refractivity contribution in [2.24, 2.45) is 0 Å². The fourth-order valence-electron chi connectivity index (χ4n) is 3.77. The number of nitrogens with zero attached hydrogens (tertiary/aromatic N) is 5. The summed E-state index contributed by atoms with van der Waals surface area (Å²) < 4.78 is 5.66. The third-order valence-corrected chi connectivity index (χ3v) is 5.10. The van der Waals surface area contributed by atoms with Gasteiger partial charge in [0.15, 0.2) is 0 Å². The largest absolute Gasteiger partial charge is 0.507 e. The number of hydrogen-bond acceptors (Lipinski definition) is 9. The van der Waals surface area contributed by atoms with Crippen molar-refractivity contribution in [3.63, 3.8) is 0 Å². The summed E-state index contributed by atoms with van der Waals surface area (Å²) in [5, 5.41) is 32.6. The summed E-state index contributed by atoms with van der Waals surface area (Å²) in [6.45, 7) is 6.18. The molecule has 2 aromatic heterocycles. The minimum absolute atomic E-state index is 0.0102. The highest BCUT2D eigenvalue weighted by Crippen LogP contribution is 2.33. The molecule has 150 valence electrons. The molecule has 0 unspecified atom stereocenters. The normalized spacial score (nSPS) is 19.9. The Morgan fingerprint density at radius 3 is 2.90 bits per heavy atom. The number of benzene rings is 1. The maximum atomic E-state index is 10.3. The van der Waals surface area contributed by atoms with Gasteiger partial charge in [0.2, 0.25) is 5.65 Å². The number of nitrogens with one attached hydrogen (secondary N) is 1. The van der Waals surface area contributed by atoms with Crippen LogP contribution in [0.3, 0.4) is 0 Å². The second-order valence-electron chi connectivity index (χ2n) is 7.29. The van der Waals surface area contributed by atoms with Gasteiger partial charge in [-0.25, -0.2) is 9.97 Å². The average Bonchev–Trinajstić information content (AvgIpc) is 3.08. The summed E-state index contributed by atoms with van der Waals surface area (Å²) in [5.41, 5.74) is 2.64. The summed E-state index contributed by atoms with van der Waals surface area (Å²) in [7, 11) is 0. The number of nitriles is 1. The Balaban J connectivity index is 1.61. The molecule has 1 aliphatic rings. The summed E-state index contributed by atoms with van der Waals surface area (Å²) in [4.78, 5) is 15.3. The molecular formula is C20H22N6O3. The maximum absolute atomic E-state index is 10.3. The molecule has 9 nitrogen and oxygen atoms in total. The molecule has 2 atom stereocenters. The molecule has 3 aromatic rings. The number of aliphatic hydroxyl groups excluding tert-OH is 1.